The third-order valence-electron chi connectivity index (χ3n) is 4.01. The Kier molecular flexibility index (Phi) is 4.39. The van der Waals surface area contributed by atoms with Gasteiger partial charge in [-0.2, -0.15) is 0 Å². The Morgan fingerprint density at radius 2 is 1.89 bits per heavy atom. The highest BCUT2D eigenvalue weighted by atomic mass is 16.4. The summed E-state index contributed by atoms with van der Waals surface area (Å²) in [5, 5.41) is 8.76. The molecule has 1 atom stereocenters. The van der Waals surface area contributed by atoms with Gasteiger partial charge < -0.3 is 10.0 Å². The zero-order chi connectivity index (χ0) is 13.0. The lowest BCUT2D eigenvalue weighted by atomic mass is 9.90. The summed E-state index contributed by atoms with van der Waals surface area (Å²) in [6.07, 6.45) is 8.99. The summed E-state index contributed by atoms with van der Waals surface area (Å²) in [7, 11) is 0. The molecule has 0 aromatic rings. The molecule has 0 bridgehead atoms. The van der Waals surface area contributed by atoms with Crippen molar-refractivity contribution in [2.24, 2.45) is 11.8 Å². The predicted octanol–water partition coefficient (Wildman–Crippen LogP) is 2.06. The van der Waals surface area contributed by atoms with E-state index >= 15 is 0 Å². The molecule has 0 saturated carbocycles. The van der Waals surface area contributed by atoms with Crippen molar-refractivity contribution < 1.29 is 14.7 Å². The molecule has 1 heterocycles. The van der Waals surface area contributed by atoms with Crippen LogP contribution in [-0.4, -0.2) is 35.0 Å². The van der Waals surface area contributed by atoms with E-state index in [0.717, 1.165) is 45.2 Å². The van der Waals surface area contributed by atoms with E-state index in [1.807, 2.05) is 4.90 Å². The van der Waals surface area contributed by atoms with E-state index in [2.05, 4.69) is 12.2 Å². The Bertz CT molecular complexity index is 343. The van der Waals surface area contributed by atoms with Crippen LogP contribution in [0.3, 0.4) is 0 Å². The van der Waals surface area contributed by atoms with Gasteiger partial charge in [-0.3, -0.25) is 9.59 Å². The second-order valence-electron chi connectivity index (χ2n) is 5.35. The molecule has 1 aliphatic carbocycles. The largest absolute Gasteiger partial charge is 0.481 e. The minimum Gasteiger partial charge on any atom is -0.481 e. The third kappa shape index (κ3) is 3.34. The van der Waals surface area contributed by atoms with Crippen molar-refractivity contribution in [3.8, 4) is 0 Å². The fourth-order valence-electron chi connectivity index (χ4n) is 2.88. The fourth-order valence-corrected chi connectivity index (χ4v) is 2.88. The quantitative estimate of drug-likeness (QED) is 0.781. The molecule has 2 rings (SSSR count). The highest BCUT2D eigenvalue weighted by Gasteiger charge is 2.28. The first-order chi connectivity index (χ1) is 8.66. The smallest absolute Gasteiger partial charge is 0.303 e. The van der Waals surface area contributed by atoms with Gasteiger partial charge in [0.2, 0.25) is 5.91 Å². The first kappa shape index (κ1) is 13.1. The second-order valence-corrected chi connectivity index (χ2v) is 5.35. The van der Waals surface area contributed by atoms with Crippen molar-refractivity contribution in [1.82, 2.24) is 4.90 Å². The van der Waals surface area contributed by atoms with E-state index in [4.69, 9.17) is 5.11 Å². The molecule has 1 amide bonds. The molecule has 4 nitrogen and oxygen atoms in total. The van der Waals surface area contributed by atoms with Crippen LogP contribution in [0.1, 0.15) is 38.5 Å². The van der Waals surface area contributed by atoms with Crippen molar-refractivity contribution in [3.63, 3.8) is 0 Å². The van der Waals surface area contributed by atoms with Gasteiger partial charge in [-0.25, -0.2) is 0 Å². The lowest BCUT2D eigenvalue weighted by Crippen LogP contribution is -2.42. The zero-order valence-corrected chi connectivity index (χ0v) is 10.7. The number of carboxylic acids is 1. The van der Waals surface area contributed by atoms with Crippen LogP contribution in [-0.2, 0) is 9.59 Å². The SMILES string of the molecule is O=C(O)CC1CCN(C(=O)C2CC=CCC2)CC1. The number of rotatable bonds is 3. The first-order valence-electron chi connectivity index (χ1n) is 6.82. The standard InChI is InChI=1S/C14H21NO3/c16-13(17)10-11-6-8-15(9-7-11)14(18)12-4-2-1-3-5-12/h1-2,11-12H,3-10H2,(H,16,17). The molecule has 2 aliphatic rings. The van der Waals surface area contributed by atoms with Gasteiger partial charge in [-0.1, -0.05) is 12.2 Å². The van der Waals surface area contributed by atoms with Gasteiger partial charge in [0.25, 0.3) is 0 Å². The fraction of sp³-hybridized carbons (Fsp3) is 0.714. The van der Waals surface area contributed by atoms with E-state index in [1.54, 1.807) is 0 Å². The number of allylic oxidation sites excluding steroid dienone is 2. The molecule has 1 saturated heterocycles. The molecule has 4 heteroatoms. The molecule has 18 heavy (non-hydrogen) atoms. The summed E-state index contributed by atoms with van der Waals surface area (Å²) >= 11 is 0. The van der Waals surface area contributed by atoms with Gasteiger partial charge in [-0.05, 0) is 38.0 Å². The highest BCUT2D eigenvalue weighted by molar-refractivity contribution is 5.79. The van der Waals surface area contributed by atoms with E-state index in [0.29, 0.717) is 0 Å². The number of carbonyl (C=O) groups excluding carboxylic acids is 1. The molecule has 0 aromatic heterocycles. The van der Waals surface area contributed by atoms with E-state index in [9.17, 15) is 9.59 Å². The molecule has 0 radical (unpaired) electrons. The molecular formula is C14H21NO3. The number of piperidine rings is 1. The van der Waals surface area contributed by atoms with Gasteiger partial charge in [0.05, 0.1) is 0 Å². The summed E-state index contributed by atoms with van der Waals surface area (Å²) in [5.74, 6) is -0.0471. The number of nitrogens with zero attached hydrogens (tertiary/aromatic N) is 1. The molecular weight excluding hydrogens is 230 g/mol. The molecule has 1 aliphatic heterocycles. The van der Waals surface area contributed by atoms with Gasteiger partial charge in [0, 0.05) is 25.4 Å². The van der Waals surface area contributed by atoms with E-state index in [-0.39, 0.29) is 24.2 Å². The average Bonchev–Trinajstić information content (AvgIpc) is 2.39. The van der Waals surface area contributed by atoms with Crippen LogP contribution in [0.4, 0.5) is 0 Å². The number of hydrogen-bond donors (Lipinski definition) is 1. The van der Waals surface area contributed by atoms with Crippen molar-refractivity contribution in [1.29, 1.82) is 0 Å². The Labute approximate surface area is 108 Å². The number of likely N-dealkylation sites (tertiary alicyclic amines) is 1. The van der Waals surface area contributed by atoms with Crippen molar-refractivity contribution >= 4 is 11.9 Å². The molecule has 100 valence electrons. The first-order valence-corrected chi connectivity index (χ1v) is 6.82. The Hall–Kier alpha value is -1.32. The summed E-state index contributed by atoms with van der Waals surface area (Å²) in [6, 6.07) is 0. The summed E-state index contributed by atoms with van der Waals surface area (Å²) in [4.78, 5) is 24.8. The van der Waals surface area contributed by atoms with E-state index in [1.165, 1.54) is 0 Å². The maximum Gasteiger partial charge on any atom is 0.303 e. The summed E-state index contributed by atoms with van der Waals surface area (Å²) < 4.78 is 0. The maximum atomic E-state index is 12.3. The van der Waals surface area contributed by atoms with Crippen LogP contribution in [0.15, 0.2) is 12.2 Å². The normalized spacial score (nSPS) is 25.1. The Morgan fingerprint density at radius 3 is 2.44 bits per heavy atom. The van der Waals surface area contributed by atoms with Gasteiger partial charge >= 0.3 is 5.97 Å². The molecule has 1 N–H and O–H groups in total. The highest BCUT2D eigenvalue weighted by Crippen LogP contribution is 2.25. The monoisotopic (exact) mass is 251 g/mol. The van der Waals surface area contributed by atoms with Gasteiger partial charge in [0.1, 0.15) is 0 Å². The van der Waals surface area contributed by atoms with Gasteiger partial charge in [0.15, 0.2) is 0 Å². The van der Waals surface area contributed by atoms with Crippen molar-refractivity contribution in [2.75, 3.05) is 13.1 Å². The molecule has 0 aromatic carbocycles. The second kappa shape index (κ2) is 6.03. The van der Waals surface area contributed by atoms with Crippen LogP contribution < -0.4 is 0 Å². The van der Waals surface area contributed by atoms with Crippen LogP contribution >= 0.6 is 0 Å². The lowest BCUT2D eigenvalue weighted by molar-refractivity contribution is -0.139. The lowest BCUT2D eigenvalue weighted by Gasteiger charge is -2.34. The maximum absolute atomic E-state index is 12.3. The zero-order valence-electron chi connectivity index (χ0n) is 10.7. The minimum atomic E-state index is -0.725. The van der Waals surface area contributed by atoms with Crippen LogP contribution in [0.25, 0.3) is 0 Å². The Balaban J connectivity index is 1.80. The van der Waals surface area contributed by atoms with Crippen molar-refractivity contribution in [3.05, 3.63) is 12.2 Å². The number of hydrogen-bond acceptors (Lipinski definition) is 2. The Morgan fingerprint density at radius 1 is 1.17 bits per heavy atom. The average molecular weight is 251 g/mol. The third-order valence-corrected chi connectivity index (χ3v) is 4.01. The summed E-state index contributed by atoms with van der Waals surface area (Å²) in [5.41, 5.74) is 0. The minimum absolute atomic E-state index is 0.158. The van der Waals surface area contributed by atoms with Crippen LogP contribution in [0.2, 0.25) is 0 Å². The van der Waals surface area contributed by atoms with Crippen LogP contribution in [0.5, 0.6) is 0 Å². The molecule has 0 spiro atoms. The summed E-state index contributed by atoms with van der Waals surface area (Å²) in [6.45, 7) is 1.47. The topological polar surface area (TPSA) is 57.6 Å². The predicted molar refractivity (Wildman–Crippen MR) is 68.0 cm³/mol. The number of aliphatic carboxylic acids is 1. The number of carbonyl (C=O) groups is 2. The number of amides is 1. The number of carboxylic acid groups (broad SMARTS) is 1. The van der Waals surface area contributed by atoms with Crippen LogP contribution in [0, 0.1) is 11.8 Å². The molecule has 1 unspecified atom stereocenters. The molecule has 1 fully saturated rings. The van der Waals surface area contributed by atoms with Gasteiger partial charge in [-0.15, -0.1) is 0 Å². The van der Waals surface area contributed by atoms with Crippen molar-refractivity contribution in [2.45, 2.75) is 38.5 Å². The van der Waals surface area contributed by atoms with E-state index < -0.39 is 5.97 Å².